The fourth-order valence-corrected chi connectivity index (χ4v) is 2.90. The van der Waals surface area contributed by atoms with Crippen LogP contribution < -0.4 is 5.32 Å². The van der Waals surface area contributed by atoms with Crippen LogP contribution in [0.4, 0.5) is 5.82 Å². The van der Waals surface area contributed by atoms with Gasteiger partial charge in [0.15, 0.2) is 9.84 Å². The van der Waals surface area contributed by atoms with E-state index in [4.69, 9.17) is 0 Å². The van der Waals surface area contributed by atoms with Crippen molar-refractivity contribution in [1.29, 1.82) is 0 Å². The molecule has 1 aromatic heterocycles. The van der Waals surface area contributed by atoms with E-state index in [1.807, 2.05) is 13.0 Å². The third-order valence-electron chi connectivity index (χ3n) is 3.00. The number of carbonyl (C=O) groups excluding carboxylic acids is 1. The first-order chi connectivity index (χ1) is 9.94. The van der Waals surface area contributed by atoms with Gasteiger partial charge in [0, 0.05) is 6.20 Å². The predicted molar refractivity (Wildman–Crippen MR) is 81.1 cm³/mol. The van der Waals surface area contributed by atoms with Crippen LogP contribution in [0.3, 0.4) is 0 Å². The van der Waals surface area contributed by atoms with Gasteiger partial charge in [0.1, 0.15) is 5.82 Å². The largest absolute Gasteiger partial charge is 0.307 e. The summed E-state index contributed by atoms with van der Waals surface area (Å²) in [6, 6.07) is 9.65. The van der Waals surface area contributed by atoms with Crippen LogP contribution in [-0.2, 0) is 9.84 Å². The first-order valence-electron chi connectivity index (χ1n) is 6.50. The number of carbonyl (C=O) groups is 1. The SMILES string of the molecule is CCS(=O)(=O)c1ccccc1C(=O)Nc1ccc(C)cn1. The zero-order valence-electron chi connectivity index (χ0n) is 11.8. The van der Waals surface area contributed by atoms with E-state index in [0.717, 1.165) is 5.56 Å². The Labute approximate surface area is 124 Å². The molecule has 1 aromatic carbocycles. The lowest BCUT2D eigenvalue weighted by Crippen LogP contribution is -2.17. The minimum absolute atomic E-state index is 0.0390. The molecule has 0 aliphatic rings. The molecule has 0 radical (unpaired) electrons. The number of nitrogens with one attached hydrogen (secondary N) is 1. The van der Waals surface area contributed by atoms with Gasteiger partial charge in [-0.15, -0.1) is 0 Å². The lowest BCUT2D eigenvalue weighted by Gasteiger charge is -2.09. The standard InChI is InChI=1S/C15H16N2O3S/c1-3-21(19,20)13-7-5-4-6-12(13)15(18)17-14-9-8-11(2)10-16-14/h4-10H,3H2,1-2H3,(H,16,17,18). The Hall–Kier alpha value is -2.21. The number of pyridine rings is 1. The van der Waals surface area contributed by atoms with Crippen molar-refractivity contribution in [2.24, 2.45) is 0 Å². The van der Waals surface area contributed by atoms with Crippen LogP contribution in [0.1, 0.15) is 22.8 Å². The first kappa shape index (κ1) is 15.2. The Kier molecular flexibility index (Phi) is 4.37. The van der Waals surface area contributed by atoms with Crippen molar-refractivity contribution in [2.45, 2.75) is 18.7 Å². The molecule has 0 spiro atoms. The van der Waals surface area contributed by atoms with Crippen molar-refractivity contribution >= 4 is 21.6 Å². The highest BCUT2D eigenvalue weighted by Gasteiger charge is 2.20. The van der Waals surface area contributed by atoms with Gasteiger partial charge < -0.3 is 5.32 Å². The van der Waals surface area contributed by atoms with Gasteiger partial charge in [-0.05, 0) is 30.7 Å². The van der Waals surface area contributed by atoms with Crippen LogP contribution >= 0.6 is 0 Å². The van der Waals surface area contributed by atoms with E-state index < -0.39 is 15.7 Å². The number of nitrogens with zero attached hydrogens (tertiary/aromatic N) is 1. The summed E-state index contributed by atoms with van der Waals surface area (Å²) in [6.45, 7) is 3.44. The smallest absolute Gasteiger partial charge is 0.258 e. The molecular weight excluding hydrogens is 288 g/mol. The molecule has 21 heavy (non-hydrogen) atoms. The van der Waals surface area contributed by atoms with Crippen molar-refractivity contribution in [2.75, 3.05) is 11.1 Å². The maximum atomic E-state index is 12.3. The summed E-state index contributed by atoms with van der Waals surface area (Å²) >= 11 is 0. The maximum Gasteiger partial charge on any atom is 0.258 e. The van der Waals surface area contributed by atoms with Crippen LogP contribution in [-0.4, -0.2) is 25.1 Å². The number of hydrogen-bond donors (Lipinski definition) is 1. The second-order valence-corrected chi connectivity index (χ2v) is 6.82. The number of hydrogen-bond acceptors (Lipinski definition) is 4. The van der Waals surface area contributed by atoms with Crippen molar-refractivity contribution in [3.05, 3.63) is 53.7 Å². The summed E-state index contributed by atoms with van der Waals surface area (Å²) in [6.07, 6.45) is 1.63. The molecule has 0 saturated carbocycles. The van der Waals surface area contributed by atoms with Crippen molar-refractivity contribution in [3.63, 3.8) is 0 Å². The molecule has 1 amide bonds. The Morgan fingerprint density at radius 2 is 1.90 bits per heavy atom. The average molecular weight is 304 g/mol. The van der Waals surface area contributed by atoms with Crippen LogP contribution in [0.2, 0.25) is 0 Å². The van der Waals surface area contributed by atoms with Crippen LogP contribution in [0.25, 0.3) is 0 Å². The molecule has 0 aliphatic heterocycles. The molecule has 2 aromatic rings. The lowest BCUT2D eigenvalue weighted by molar-refractivity contribution is 0.102. The van der Waals surface area contributed by atoms with E-state index in [9.17, 15) is 13.2 Å². The van der Waals surface area contributed by atoms with Crippen LogP contribution in [0, 0.1) is 6.92 Å². The number of aryl methyl sites for hydroxylation is 1. The highest BCUT2D eigenvalue weighted by atomic mass is 32.2. The summed E-state index contributed by atoms with van der Waals surface area (Å²) in [5.41, 5.74) is 1.10. The molecule has 0 saturated heterocycles. The van der Waals surface area contributed by atoms with Gasteiger partial charge in [0.25, 0.3) is 5.91 Å². The van der Waals surface area contributed by atoms with Crippen molar-refractivity contribution in [1.82, 2.24) is 4.98 Å². The van der Waals surface area contributed by atoms with Gasteiger partial charge in [0.2, 0.25) is 0 Å². The highest BCUT2D eigenvalue weighted by Crippen LogP contribution is 2.18. The lowest BCUT2D eigenvalue weighted by atomic mass is 10.2. The topological polar surface area (TPSA) is 76.1 Å². The fraction of sp³-hybridized carbons (Fsp3) is 0.200. The molecule has 0 fully saturated rings. The second kappa shape index (κ2) is 6.05. The number of anilines is 1. The molecule has 5 nitrogen and oxygen atoms in total. The number of rotatable bonds is 4. The number of aromatic nitrogens is 1. The number of amides is 1. The molecule has 6 heteroatoms. The zero-order valence-corrected chi connectivity index (χ0v) is 12.6. The van der Waals surface area contributed by atoms with Gasteiger partial charge in [-0.2, -0.15) is 0 Å². The maximum absolute atomic E-state index is 12.3. The van der Waals surface area contributed by atoms with Gasteiger partial charge in [0.05, 0.1) is 16.2 Å². The van der Waals surface area contributed by atoms with E-state index in [-0.39, 0.29) is 16.2 Å². The quantitative estimate of drug-likeness (QED) is 0.941. The summed E-state index contributed by atoms with van der Waals surface area (Å²) in [5.74, 6) is -0.159. The molecule has 0 unspecified atom stereocenters. The van der Waals surface area contributed by atoms with E-state index in [1.54, 1.807) is 31.3 Å². The normalized spacial score (nSPS) is 11.1. The molecule has 1 heterocycles. The predicted octanol–water partition coefficient (Wildman–Crippen LogP) is 2.44. The third-order valence-corrected chi connectivity index (χ3v) is 4.79. The van der Waals surface area contributed by atoms with Gasteiger partial charge in [-0.25, -0.2) is 13.4 Å². The van der Waals surface area contributed by atoms with Gasteiger partial charge in [-0.1, -0.05) is 25.1 Å². The van der Waals surface area contributed by atoms with Crippen LogP contribution in [0.15, 0.2) is 47.5 Å². The highest BCUT2D eigenvalue weighted by molar-refractivity contribution is 7.91. The Morgan fingerprint density at radius 3 is 2.52 bits per heavy atom. The zero-order chi connectivity index (χ0) is 15.5. The minimum Gasteiger partial charge on any atom is -0.307 e. The molecule has 110 valence electrons. The monoisotopic (exact) mass is 304 g/mol. The molecule has 0 atom stereocenters. The van der Waals surface area contributed by atoms with Crippen LogP contribution in [0.5, 0.6) is 0 Å². The minimum atomic E-state index is -3.45. The first-order valence-corrected chi connectivity index (χ1v) is 8.15. The molecule has 2 rings (SSSR count). The molecular formula is C15H16N2O3S. The Balaban J connectivity index is 2.34. The molecule has 0 bridgehead atoms. The van der Waals surface area contributed by atoms with Gasteiger partial charge in [-0.3, -0.25) is 4.79 Å². The molecule has 1 N–H and O–H groups in total. The number of benzene rings is 1. The number of sulfone groups is 1. The second-order valence-electron chi connectivity index (χ2n) is 4.57. The average Bonchev–Trinajstić information content (AvgIpc) is 2.49. The van der Waals surface area contributed by atoms with E-state index in [2.05, 4.69) is 10.3 Å². The molecule has 0 aliphatic carbocycles. The summed E-state index contributed by atoms with van der Waals surface area (Å²) in [7, 11) is -3.45. The van der Waals surface area contributed by atoms with Crippen molar-refractivity contribution < 1.29 is 13.2 Å². The summed E-state index contributed by atoms with van der Waals surface area (Å²) < 4.78 is 24.1. The third kappa shape index (κ3) is 3.46. The van der Waals surface area contributed by atoms with E-state index >= 15 is 0 Å². The van der Waals surface area contributed by atoms with Gasteiger partial charge >= 0.3 is 0 Å². The van der Waals surface area contributed by atoms with E-state index in [0.29, 0.717) is 5.82 Å². The summed E-state index contributed by atoms with van der Waals surface area (Å²) in [4.78, 5) is 16.4. The van der Waals surface area contributed by atoms with E-state index in [1.165, 1.54) is 12.1 Å². The summed E-state index contributed by atoms with van der Waals surface area (Å²) in [5, 5.41) is 2.61. The van der Waals surface area contributed by atoms with Crippen molar-refractivity contribution in [3.8, 4) is 0 Å². The fourth-order valence-electron chi connectivity index (χ4n) is 1.81. The Morgan fingerprint density at radius 1 is 1.19 bits per heavy atom. The Bertz CT molecular complexity index is 753.